The fourth-order valence-electron chi connectivity index (χ4n) is 8.17. The van der Waals surface area contributed by atoms with Gasteiger partial charge in [-0.15, -0.1) is 0 Å². The number of anilines is 1. The van der Waals surface area contributed by atoms with Crippen LogP contribution < -0.4 is 4.90 Å². The van der Waals surface area contributed by atoms with E-state index >= 15 is 0 Å². The Morgan fingerprint density at radius 3 is 1.50 bits per heavy atom. The van der Waals surface area contributed by atoms with Gasteiger partial charge in [-0.1, -0.05) is 66.7 Å². The third-order valence-electron chi connectivity index (χ3n) is 10.7. The summed E-state index contributed by atoms with van der Waals surface area (Å²) < 4.78 is 16.6. The van der Waals surface area contributed by atoms with Crippen LogP contribution >= 0.6 is 0 Å². The molecule has 0 bridgehead atoms. The van der Waals surface area contributed by atoms with E-state index in [0.29, 0.717) is 58.5 Å². The zero-order valence-corrected chi connectivity index (χ0v) is 30.1. The summed E-state index contributed by atoms with van der Waals surface area (Å²) in [5.41, 5.74) is 4.31. The number of imide groups is 2. The molecule has 0 saturated carbocycles. The standard InChI is InChI=1S/C45H36N2O7/c1-25(23-54-26(2)24-53-22-21-52-3)46-42(48)34-17-13-30-32-15-19-36-41-37(20-16-33(39(32)41)31-14-18-35(43(46)49)40(34)38(30)31)45(51)47(44(36)50)29-11-9-28(10-12-29)27-7-5-4-6-8-27/h4-20,25-26H,21-24H2,1-3H3. The Kier molecular flexibility index (Phi) is 8.23. The van der Waals surface area contributed by atoms with E-state index in [-0.39, 0.29) is 36.3 Å². The van der Waals surface area contributed by atoms with Crippen molar-refractivity contribution in [1.29, 1.82) is 0 Å². The first-order chi connectivity index (χ1) is 26.3. The fraction of sp³-hybridized carbons (Fsp3) is 0.200. The molecule has 7 aromatic rings. The van der Waals surface area contributed by atoms with Crippen molar-refractivity contribution < 1.29 is 33.4 Å². The molecule has 268 valence electrons. The molecule has 0 spiro atoms. The monoisotopic (exact) mass is 716 g/mol. The number of amides is 4. The first kappa shape index (κ1) is 33.8. The number of hydrogen-bond acceptors (Lipinski definition) is 7. The van der Waals surface area contributed by atoms with Crippen molar-refractivity contribution in [3.8, 4) is 11.1 Å². The number of benzene rings is 7. The van der Waals surface area contributed by atoms with Crippen LogP contribution in [-0.4, -0.2) is 74.2 Å². The molecule has 0 radical (unpaired) electrons. The minimum atomic E-state index is -0.518. The van der Waals surface area contributed by atoms with E-state index in [1.165, 1.54) is 9.80 Å². The number of carbonyl (C=O) groups is 4. The number of methoxy groups -OCH3 is 1. The van der Waals surface area contributed by atoms with Gasteiger partial charge in [0.15, 0.2) is 0 Å². The van der Waals surface area contributed by atoms with Crippen LogP contribution in [0.5, 0.6) is 0 Å². The number of carbonyl (C=O) groups excluding carboxylic acids is 4. The normalized spacial score (nSPS) is 15.4. The van der Waals surface area contributed by atoms with Crippen LogP contribution in [0.4, 0.5) is 5.69 Å². The van der Waals surface area contributed by atoms with Crippen molar-refractivity contribution in [1.82, 2.24) is 4.90 Å². The summed E-state index contributed by atoms with van der Waals surface area (Å²) in [6, 6.07) is 31.7. The maximum absolute atomic E-state index is 14.2. The lowest BCUT2D eigenvalue weighted by molar-refractivity contribution is -0.0312. The molecule has 0 N–H and O–H groups in total. The summed E-state index contributed by atoms with van der Waals surface area (Å²) in [5, 5.41) is 6.20. The number of ether oxygens (including phenoxy) is 3. The molecule has 9 heteroatoms. The lowest BCUT2D eigenvalue weighted by Gasteiger charge is -2.33. The highest BCUT2D eigenvalue weighted by Crippen LogP contribution is 2.46. The topological polar surface area (TPSA) is 102 Å². The molecule has 9 nitrogen and oxygen atoms in total. The van der Waals surface area contributed by atoms with E-state index in [2.05, 4.69) is 0 Å². The van der Waals surface area contributed by atoms with Crippen LogP contribution in [0.3, 0.4) is 0 Å². The van der Waals surface area contributed by atoms with Crippen LogP contribution in [0.1, 0.15) is 55.3 Å². The molecule has 2 unspecified atom stereocenters. The lowest BCUT2D eigenvalue weighted by atomic mass is 9.82. The van der Waals surface area contributed by atoms with Crippen LogP contribution in [0.15, 0.2) is 103 Å². The van der Waals surface area contributed by atoms with E-state index in [9.17, 15) is 19.2 Å². The lowest BCUT2D eigenvalue weighted by Crippen LogP contribution is -2.48. The van der Waals surface area contributed by atoms with Gasteiger partial charge in [0, 0.05) is 40.1 Å². The highest BCUT2D eigenvalue weighted by Gasteiger charge is 2.39. The van der Waals surface area contributed by atoms with Gasteiger partial charge < -0.3 is 14.2 Å². The molecule has 9 rings (SSSR count). The maximum Gasteiger partial charge on any atom is 0.265 e. The third-order valence-corrected chi connectivity index (χ3v) is 10.7. The molecule has 2 aliphatic rings. The smallest absolute Gasteiger partial charge is 0.265 e. The summed E-state index contributed by atoms with van der Waals surface area (Å²) >= 11 is 0. The van der Waals surface area contributed by atoms with E-state index in [4.69, 9.17) is 14.2 Å². The van der Waals surface area contributed by atoms with Crippen LogP contribution in [0, 0.1) is 0 Å². The number of hydrogen-bond donors (Lipinski definition) is 0. The Morgan fingerprint density at radius 1 is 0.519 bits per heavy atom. The molecule has 0 aromatic heterocycles. The van der Waals surface area contributed by atoms with Crippen LogP contribution in [0.2, 0.25) is 0 Å². The SMILES string of the molecule is COCCOCC(C)OCC(C)N1C(=O)c2ccc3c4ccc5c6c(ccc(c7ccc(c2c37)C1=O)c64)C(=O)N(c1ccc(-c2ccccc2)cc1)C5=O. The predicted octanol–water partition coefficient (Wildman–Crippen LogP) is 8.26. The third kappa shape index (κ3) is 5.11. The Balaban J connectivity index is 1.09. The first-order valence-corrected chi connectivity index (χ1v) is 18.1. The number of rotatable bonds is 11. The largest absolute Gasteiger partial charge is 0.382 e. The van der Waals surface area contributed by atoms with Crippen molar-refractivity contribution >= 4 is 72.4 Å². The molecule has 0 aliphatic carbocycles. The molecule has 7 aromatic carbocycles. The van der Waals surface area contributed by atoms with Gasteiger partial charge in [-0.3, -0.25) is 24.1 Å². The average Bonchev–Trinajstić information content (AvgIpc) is 3.20. The van der Waals surface area contributed by atoms with Gasteiger partial charge in [0.2, 0.25) is 0 Å². The molecular formula is C45H36N2O7. The van der Waals surface area contributed by atoms with E-state index in [0.717, 1.165) is 43.4 Å². The second-order valence-corrected chi connectivity index (χ2v) is 14.0. The van der Waals surface area contributed by atoms with Crippen molar-refractivity contribution in [2.45, 2.75) is 26.0 Å². The minimum absolute atomic E-state index is 0.162. The molecule has 2 heterocycles. The van der Waals surface area contributed by atoms with Gasteiger partial charge in [-0.25, -0.2) is 4.90 Å². The predicted molar refractivity (Wildman–Crippen MR) is 209 cm³/mol. The summed E-state index contributed by atoms with van der Waals surface area (Å²) in [6.45, 7) is 5.16. The van der Waals surface area contributed by atoms with Gasteiger partial charge in [0.05, 0.1) is 44.3 Å². The van der Waals surface area contributed by atoms with Crippen molar-refractivity contribution in [2.24, 2.45) is 0 Å². The summed E-state index contributed by atoms with van der Waals surface area (Å²) in [4.78, 5) is 59.1. The van der Waals surface area contributed by atoms with Gasteiger partial charge in [-0.2, -0.15) is 0 Å². The molecule has 2 atom stereocenters. The van der Waals surface area contributed by atoms with Crippen molar-refractivity contribution in [3.63, 3.8) is 0 Å². The first-order valence-electron chi connectivity index (χ1n) is 18.1. The molecule has 2 aliphatic heterocycles. The summed E-state index contributed by atoms with van der Waals surface area (Å²) in [7, 11) is 1.61. The summed E-state index contributed by atoms with van der Waals surface area (Å²) in [6.07, 6.45) is -0.234. The van der Waals surface area contributed by atoms with Gasteiger partial charge in [-0.05, 0) is 93.7 Å². The Hall–Kier alpha value is -6.00. The van der Waals surface area contributed by atoms with Crippen molar-refractivity contribution in [3.05, 3.63) is 125 Å². The highest BCUT2D eigenvalue weighted by molar-refractivity contribution is 6.43. The molecular weight excluding hydrogens is 681 g/mol. The Bertz CT molecular complexity index is 2550. The quantitative estimate of drug-likeness (QED) is 0.0575. The fourth-order valence-corrected chi connectivity index (χ4v) is 8.17. The highest BCUT2D eigenvalue weighted by atomic mass is 16.5. The molecule has 0 fully saturated rings. The second-order valence-electron chi connectivity index (χ2n) is 14.0. The van der Waals surface area contributed by atoms with E-state index in [1.54, 1.807) is 43.5 Å². The Morgan fingerprint density at radius 2 is 1.00 bits per heavy atom. The van der Waals surface area contributed by atoms with Crippen LogP contribution in [-0.2, 0) is 14.2 Å². The summed E-state index contributed by atoms with van der Waals surface area (Å²) in [5.74, 6) is -1.52. The average molecular weight is 717 g/mol. The number of nitrogens with zero attached hydrogens (tertiary/aromatic N) is 2. The molecule has 4 amide bonds. The Labute approximate surface area is 310 Å². The minimum Gasteiger partial charge on any atom is -0.382 e. The molecule has 54 heavy (non-hydrogen) atoms. The maximum atomic E-state index is 14.2. The van der Waals surface area contributed by atoms with E-state index < -0.39 is 6.04 Å². The van der Waals surface area contributed by atoms with E-state index in [1.807, 2.05) is 80.6 Å². The second kappa shape index (κ2) is 13.1. The zero-order chi connectivity index (χ0) is 37.2. The zero-order valence-electron chi connectivity index (χ0n) is 30.1. The number of fused-ring (bicyclic) bond motifs is 2. The van der Waals surface area contributed by atoms with Gasteiger partial charge >= 0.3 is 0 Å². The van der Waals surface area contributed by atoms with Gasteiger partial charge in [0.25, 0.3) is 23.6 Å². The molecule has 0 saturated heterocycles. The van der Waals surface area contributed by atoms with Crippen molar-refractivity contribution in [2.75, 3.05) is 38.4 Å². The van der Waals surface area contributed by atoms with Crippen LogP contribution in [0.25, 0.3) is 54.2 Å². The van der Waals surface area contributed by atoms with Gasteiger partial charge in [0.1, 0.15) is 0 Å².